The van der Waals surface area contributed by atoms with Crippen LogP contribution in [0.15, 0.2) is 12.3 Å². The maximum absolute atomic E-state index is 11.0. The van der Waals surface area contributed by atoms with E-state index in [-0.39, 0.29) is 12.1 Å². The predicted octanol–water partition coefficient (Wildman–Crippen LogP) is 0.219. The summed E-state index contributed by atoms with van der Waals surface area (Å²) in [5.41, 5.74) is 1.20. The van der Waals surface area contributed by atoms with Crippen molar-refractivity contribution in [3.05, 3.63) is 29.1 Å². The van der Waals surface area contributed by atoms with Crippen molar-refractivity contribution in [2.24, 2.45) is 0 Å². The van der Waals surface area contributed by atoms with E-state index in [4.69, 9.17) is 5.26 Å². The van der Waals surface area contributed by atoms with Gasteiger partial charge >= 0.3 is 5.97 Å². The molecule has 1 heterocycles. The molecule has 0 fully saturated rings. The minimum atomic E-state index is -1.27. The van der Waals surface area contributed by atoms with Gasteiger partial charge in [0.25, 0.3) is 0 Å². The Labute approximate surface area is 104 Å². The molecule has 0 aliphatic carbocycles. The van der Waals surface area contributed by atoms with Crippen molar-refractivity contribution < 1.29 is 19.7 Å². The minimum Gasteiger partial charge on any atom is -0.469 e. The van der Waals surface area contributed by atoms with Crippen LogP contribution in [0.5, 0.6) is 0 Å². The molecule has 6 heteroatoms. The lowest BCUT2D eigenvalue weighted by molar-refractivity contribution is -0.144. The number of nitriles is 1. The molecule has 0 aliphatic rings. The zero-order valence-corrected chi connectivity index (χ0v) is 10.1. The van der Waals surface area contributed by atoms with Crippen molar-refractivity contribution in [3.63, 3.8) is 0 Å². The van der Waals surface area contributed by atoms with Gasteiger partial charge in [0, 0.05) is 11.8 Å². The normalized spacial score (nSPS) is 13.5. The second-order valence-corrected chi connectivity index (χ2v) is 3.84. The highest BCUT2D eigenvalue weighted by molar-refractivity contribution is 5.69. The second kappa shape index (κ2) is 6.10. The maximum atomic E-state index is 11.0. The van der Waals surface area contributed by atoms with Crippen LogP contribution in [0.4, 0.5) is 0 Å². The molecule has 2 atom stereocenters. The van der Waals surface area contributed by atoms with Gasteiger partial charge in [-0.05, 0) is 18.6 Å². The number of esters is 1. The van der Waals surface area contributed by atoms with Gasteiger partial charge < -0.3 is 14.9 Å². The Hall–Kier alpha value is -1.97. The number of carbonyl (C=O) groups excluding carboxylic acids is 1. The van der Waals surface area contributed by atoms with Crippen LogP contribution in [0, 0.1) is 18.3 Å². The molecule has 1 aromatic rings. The highest BCUT2D eigenvalue weighted by Crippen LogP contribution is 2.20. The molecule has 0 aromatic carbocycles. The first-order chi connectivity index (χ1) is 8.49. The molecule has 6 nitrogen and oxygen atoms in total. The van der Waals surface area contributed by atoms with E-state index in [1.54, 1.807) is 13.0 Å². The number of carbonyl (C=O) groups is 1. The number of rotatable bonds is 4. The van der Waals surface area contributed by atoms with Gasteiger partial charge in [-0.15, -0.1) is 0 Å². The van der Waals surface area contributed by atoms with Gasteiger partial charge in [0.05, 0.1) is 19.6 Å². The molecule has 2 unspecified atom stereocenters. The van der Waals surface area contributed by atoms with Crippen LogP contribution in [-0.2, 0) is 9.53 Å². The number of nitrogens with zero attached hydrogens (tertiary/aromatic N) is 2. The van der Waals surface area contributed by atoms with Crippen molar-refractivity contribution >= 4 is 5.97 Å². The van der Waals surface area contributed by atoms with Crippen molar-refractivity contribution in [1.82, 2.24) is 4.98 Å². The van der Waals surface area contributed by atoms with Crippen LogP contribution in [0.2, 0.25) is 0 Å². The van der Waals surface area contributed by atoms with Crippen molar-refractivity contribution in [2.75, 3.05) is 7.11 Å². The van der Waals surface area contributed by atoms with E-state index < -0.39 is 18.2 Å². The molecule has 0 saturated carbocycles. The Morgan fingerprint density at radius 2 is 2.28 bits per heavy atom. The third-order valence-corrected chi connectivity index (χ3v) is 2.51. The average molecular weight is 250 g/mol. The second-order valence-electron chi connectivity index (χ2n) is 3.84. The smallest absolute Gasteiger partial charge is 0.308 e. The Bertz CT molecular complexity index is 481. The first kappa shape index (κ1) is 14.1. The third-order valence-electron chi connectivity index (χ3n) is 2.51. The lowest BCUT2D eigenvalue weighted by Crippen LogP contribution is -2.22. The van der Waals surface area contributed by atoms with E-state index in [0.717, 1.165) is 0 Å². The first-order valence-corrected chi connectivity index (χ1v) is 5.29. The fraction of sp³-hybridized carbons (Fsp3) is 0.417. The first-order valence-electron chi connectivity index (χ1n) is 5.29. The predicted molar refractivity (Wildman–Crippen MR) is 61.3 cm³/mol. The van der Waals surface area contributed by atoms with E-state index in [2.05, 4.69) is 9.72 Å². The molecule has 0 amide bonds. The number of aryl methyl sites for hydroxylation is 1. The minimum absolute atomic E-state index is 0.258. The number of aromatic nitrogens is 1. The van der Waals surface area contributed by atoms with Crippen molar-refractivity contribution in [2.45, 2.75) is 25.6 Å². The summed E-state index contributed by atoms with van der Waals surface area (Å²) in [4.78, 5) is 14.8. The highest BCUT2D eigenvalue weighted by atomic mass is 16.5. The van der Waals surface area contributed by atoms with Crippen LogP contribution >= 0.6 is 0 Å². The van der Waals surface area contributed by atoms with Gasteiger partial charge in [0.2, 0.25) is 0 Å². The third kappa shape index (κ3) is 3.26. The van der Waals surface area contributed by atoms with E-state index >= 15 is 0 Å². The summed E-state index contributed by atoms with van der Waals surface area (Å²) in [6.45, 7) is 1.68. The fourth-order valence-electron chi connectivity index (χ4n) is 1.46. The number of pyridine rings is 1. The molecule has 0 radical (unpaired) electrons. The largest absolute Gasteiger partial charge is 0.469 e. The van der Waals surface area contributed by atoms with Gasteiger partial charge in [-0.25, -0.2) is 4.98 Å². The standard InChI is InChI=1S/C12H14N2O4/c1-7-3-8(6-14-9(7)5-13)12(17)10(15)4-11(16)18-2/h3,6,10,12,15,17H,4H2,1-2H3. The van der Waals surface area contributed by atoms with Crippen LogP contribution in [0.1, 0.15) is 29.3 Å². The maximum Gasteiger partial charge on any atom is 0.308 e. The molecule has 18 heavy (non-hydrogen) atoms. The monoisotopic (exact) mass is 250 g/mol. The average Bonchev–Trinajstić information content (AvgIpc) is 2.37. The van der Waals surface area contributed by atoms with Crippen molar-refractivity contribution in [1.29, 1.82) is 5.26 Å². The Kier molecular flexibility index (Phi) is 4.77. The summed E-state index contributed by atoms with van der Waals surface area (Å²) in [6, 6.07) is 3.45. The van der Waals surface area contributed by atoms with Gasteiger partial charge in [-0.3, -0.25) is 4.79 Å². The highest BCUT2D eigenvalue weighted by Gasteiger charge is 2.22. The summed E-state index contributed by atoms with van der Waals surface area (Å²) in [5, 5.41) is 28.2. The Balaban J connectivity index is 2.84. The summed E-state index contributed by atoms with van der Waals surface area (Å²) < 4.78 is 4.40. The summed E-state index contributed by atoms with van der Waals surface area (Å²) in [5.74, 6) is -0.611. The molecule has 0 saturated heterocycles. The van der Waals surface area contributed by atoms with Gasteiger partial charge in [0.1, 0.15) is 17.9 Å². The molecular formula is C12H14N2O4. The Morgan fingerprint density at radius 3 is 2.78 bits per heavy atom. The molecular weight excluding hydrogens is 236 g/mol. The van der Waals surface area contributed by atoms with Crippen LogP contribution in [0.3, 0.4) is 0 Å². The van der Waals surface area contributed by atoms with Crippen molar-refractivity contribution in [3.8, 4) is 6.07 Å². The SMILES string of the molecule is COC(=O)CC(O)C(O)c1cnc(C#N)c(C)c1. The lowest BCUT2D eigenvalue weighted by Gasteiger charge is -2.17. The number of methoxy groups -OCH3 is 1. The topological polar surface area (TPSA) is 103 Å². The molecule has 0 spiro atoms. The zero-order chi connectivity index (χ0) is 13.7. The van der Waals surface area contributed by atoms with E-state index in [1.165, 1.54) is 13.3 Å². The lowest BCUT2D eigenvalue weighted by atomic mass is 10.0. The van der Waals surface area contributed by atoms with Crippen LogP contribution in [-0.4, -0.2) is 34.4 Å². The summed E-state index contributed by atoms with van der Waals surface area (Å²) >= 11 is 0. The van der Waals surface area contributed by atoms with Crippen LogP contribution in [0.25, 0.3) is 0 Å². The number of ether oxygens (including phenoxy) is 1. The number of aliphatic hydroxyl groups excluding tert-OH is 2. The molecule has 1 aromatic heterocycles. The zero-order valence-electron chi connectivity index (χ0n) is 10.1. The number of hydrogen-bond donors (Lipinski definition) is 2. The molecule has 96 valence electrons. The molecule has 0 aliphatic heterocycles. The molecule has 0 bridgehead atoms. The quantitative estimate of drug-likeness (QED) is 0.741. The van der Waals surface area contributed by atoms with E-state index in [1.807, 2.05) is 6.07 Å². The molecule has 2 N–H and O–H groups in total. The summed E-state index contributed by atoms with van der Waals surface area (Å²) in [6.07, 6.45) is -1.53. The summed E-state index contributed by atoms with van der Waals surface area (Å²) in [7, 11) is 1.20. The molecule has 1 rings (SSSR count). The van der Waals surface area contributed by atoms with E-state index in [0.29, 0.717) is 11.1 Å². The Morgan fingerprint density at radius 1 is 1.61 bits per heavy atom. The van der Waals surface area contributed by atoms with Gasteiger partial charge in [-0.1, -0.05) is 0 Å². The van der Waals surface area contributed by atoms with E-state index in [9.17, 15) is 15.0 Å². The number of aliphatic hydroxyl groups is 2. The van der Waals surface area contributed by atoms with Gasteiger partial charge in [0.15, 0.2) is 0 Å². The van der Waals surface area contributed by atoms with Crippen LogP contribution < -0.4 is 0 Å². The van der Waals surface area contributed by atoms with Gasteiger partial charge in [-0.2, -0.15) is 5.26 Å². The number of hydrogen-bond acceptors (Lipinski definition) is 6. The fourth-order valence-corrected chi connectivity index (χ4v) is 1.46.